The van der Waals surface area contributed by atoms with Gasteiger partial charge >= 0.3 is 0 Å². The summed E-state index contributed by atoms with van der Waals surface area (Å²) in [4.78, 5) is 0. The van der Waals surface area contributed by atoms with E-state index in [4.69, 9.17) is 4.42 Å². The fourth-order valence-electron chi connectivity index (χ4n) is 2.19. The molecule has 1 N–H and O–H groups in total. The molecule has 0 aliphatic heterocycles. The highest BCUT2D eigenvalue weighted by molar-refractivity contribution is 5.41. The molecule has 1 heterocycles. The molecule has 0 amide bonds. The molecule has 2 rings (SSSR count). The van der Waals surface area contributed by atoms with Crippen LogP contribution in [0.2, 0.25) is 0 Å². The third kappa shape index (κ3) is 2.11. The summed E-state index contributed by atoms with van der Waals surface area (Å²) in [5, 5.41) is 10.3. The number of furan rings is 1. The molecule has 1 unspecified atom stereocenters. The average Bonchev–Trinajstić information content (AvgIpc) is 2.62. The van der Waals surface area contributed by atoms with Crippen LogP contribution in [0.4, 0.5) is 4.39 Å². The van der Waals surface area contributed by atoms with E-state index in [2.05, 4.69) is 0 Å². The molecule has 0 fully saturated rings. The molecule has 0 spiro atoms. The maximum atomic E-state index is 13.2. The van der Waals surface area contributed by atoms with Gasteiger partial charge in [0.25, 0.3) is 0 Å². The molecular weight excluding hydrogens is 219 g/mol. The van der Waals surface area contributed by atoms with Crippen molar-refractivity contribution in [3.8, 4) is 0 Å². The zero-order valence-electron chi connectivity index (χ0n) is 10.1. The van der Waals surface area contributed by atoms with Gasteiger partial charge in [-0.2, -0.15) is 0 Å². The summed E-state index contributed by atoms with van der Waals surface area (Å²) in [5.41, 5.74) is 2.96. The number of aryl methyl sites for hydroxylation is 3. The van der Waals surface area contributed by atoms with Crippen LogP contribution >= 0.6 is 0 Å². The molecule has 17 heavy (non-hydrogen) atoms. The van der Waals surface area contributed by atoms with Crippen molar-refractivity contribution < 1.29 is 13.9 Å². The SMILES string of the molecule is Cc1cc(F)cc(C)c1C(O)c1ccoc1C. The fraction of sp³-hybridized carbons (Fsp3) is 0.286. The smallest absolute Gasteiger partial charge is 0.123 e. The maximum Gasteiger partial charge on any atom is 0.123 e. The van der Waals surface area contributed by atoms with Crippen molar-refractivity contribution in [2.45, 2.75) is 26.9 Å². The Morgan fingerprint density at radius 1 is 1.18 bits per heavy atom. The zero-order valence-corrected chi connectivity index (χ0v) is 10.1. The van der Waals surface area contributed by atoms with Crippen LogP contribution in [0.3, 0.4) is 0 Å². The Hall–Kier alpha value is -1.61. The number of rotatable bonds is 2. The third-order valence-electron chi connectivity index (χ3n) is 3.03. The van der Waals surface area contributed by atoms with Gasteiger partial charge in [0, 0.05) is 5.56 Å². The van der Waals surface area contributed by atoms with Gasteiger partial charge in [-0.15, -0.1) is 0 Å². The van der Waals surface area contributed by atoms with Crippen LogP contribution in [0.5, 0.6) is 0 Å². The molecule has 1 aromatic heterocycles. The van der Waals surface area contributed by atoms with Gasteiger partial charge in [-0.1, -0.05) is 0 Å². The number of halogens is 1. The second kappa shape index (κ2) is 4.34. The largest absolute Gasteiger partial charge is 0.469 e. The molecule has 0 radical (unpaired) electrons. The summed E-state index contributed by atoms with van der Waals surface area (Å²) in [6, 6.07) is 4.60. The standard InChI is InChI=1S/C14H15FO2/c1-8-6-11(15)7-9(2)13(8)14(16)12-4-5-17-10(12)3/h4-7,14,16H,1-3H3. The third-order valence-corrected chi connectivity index (χ3v) is 3.03. The minimum absolute atomic E-state index is 0.278. The van der Waals surface area contributed by atoms with E-state index in [1.165, 1.54) is 12.1 Å². The summed E-state index contributed by atoms with van der Waals surface area (Å²) >= 11 is 0. The first-order chi connectivity index (χ1) is 8.00. The van der Waals surface area contributed by atoms with Crippen LogP contribution in [-0.2, 0) is 0 Å². The van der Waals surface area contributed by atoms with Crippen molar-refractivity contribution in [1.29, 1.82) is 0 Å². The van der Waals surface area contributed by atoms with Gasteiger partial charge in [0.15, 0.2) is 0 Å². The van der Waals surface area contributed by atoms with Crippen LogP contribution in [-0.4, -0.2) is 5.11 Å². The van der Waals surface area contributed by atoms with Crippen molar-refractivity contribution in [2.75, 3.05) is 0 Å². The predicted molar refractivity (Wildman–Crippen MR) is 63.4 cm³/mol. The van der Waals surface area contributed by atoms with Crippen molar-refractivity contribution >= 4 is 0 Å². The highest BCUT2D eigenvalue weighted by Crippen LogP contribution is 2.30. The highest BCUT2D eigenvalue weighted by Gasteiger charge is 2.19. The molecule has 1 atom stereocenters. The summed E-state index contributed by atoms with van der Waals surface area (Å²) in [6.07, 6.45) is 0.775. The number of hydrogen-bond acceptors (Lipinski definition) is 2. The van der Waals surface area contributed by atoms with Gasteiger partial charge in [-0.3, -0.25) is 0 Å². The van der Waals surface area contributed by atoms with E-state index in [0.717, 1.165) is 22.3 Å². The second-order valence-electron chi connectivity index (χ2n) is 4.29. The monoisotopic (exact) mass is 234 g/mol. The number of hydrogen-bond donors (Lipinski definition) is 1. The van der Waals surface area contributed by atoms with Gasteiger partial charge in [-0.25, -0.2) is 4.39 Å². The van der Waals surface area contributed by atoms with Gasteiger partial charge in [0.2, 0.25) is 0 Å². The van der Waals surface area contributed by atoms with E-state index in [1.54, 1.807) is 33.1 Å². The zero-order chi connectivity index (χ0) is 12.6. The van der Waals surface area contributed by atoms with E-state index < -0.39 is 6.10 Å². The summed E-state index contributed by atoms with van der Waals surface area (Å²) in [6.45, 7) is 5.39. The maximum absolute atomic E-state index is 13.2. The molecular formula is C14H15FO2. The topological polar surface area (TPSA) is 33.4 Å². The lowest BCUT2D eigenvalue weighted by atomic mass is 9.93. The van der Waals surface area contributed by atoms with Gasteiger partial charge in [0.1, 0.15) is 17.7 Å². The van der Waals surface area contributed by atoms with Crippen LogP contribution in [0.15, 0.2) is 28.9 Å². The van der Waals surface area contributed by atoms with E-state index in [9.17, 15) is 9.50 Å². The van der Waals surface area contributed by atoms with E-state index in [0.29, 0.717) is 5.76 Å². The number of aliphatic hydroxyl groups excluding tert-OH is 1. The van der Waals surface area contributed by atoms with Crippen molar-refractivity contribution in [2.24, 2.45) is 0 Å². The molecule has 0 bridgehead atoms. The normalized spacial score (nSPS) is 12.8. The van der Waals surface area contributed by atoms with Crippen LogP contribution in [0.25, 0.3) is 0 Å². The Morgan fingerprint density at radius 2 is 1.76 bits per heavy atom. The average molecular weight is 234 g/mol. The molecule has 2 aromatic rings. The van der Waals surface area contributed by atoms with Gasteiger partial charge in [-0.05, 0) is 55.7 Å². The van der Waals surface area contributed by atoms with Gasteiger partial charge in [0.05, 0.1) is 6.26 Å². The van der Waals surface area contributed by atoms with Crippen LogP contribution in [0, 0.1) is 26.6 Å². The predicted octanol–water partition coefficient (Wildman–Crippen LogP) is 3.43. The Balaban J connectivity index is 2.51. The summed E-state index contributed by atoms with van der Waals surface area (Å²) in [7, 11) is 0. The highest BCUT2D eigenvalue weighted by atomic mass is 19.1. The first-order valence-corrected chi connectivity index (χ1v) is 5.49. The first-order valence-electron chi connectivity index (χ1n) is 5.49. The van der Waals surface area contributed by atoms with Gasteiger partial charge < -0.3 is 9.52 Å². The van der Waals surface area contributed by atoms with Crippen molar-refractivity contribution in [1.82, 2.24) is 0 Å². The lowest BCUT2D eigenvalue weighted by Gasteiger charge is -2.16. The lowest BCUT2D eigenvalue weighted by Crippen LogP contribution is -2.05. The molecule has 3 heteroatoms. The molecule has 0 saturated heterocycles. The Labute approximate surface area is 99.7 Å². The van der Waals surface area contributed by atoms with Crippen molar-refractivity contribution in [3.05, 3.63) is 58.3 Å². The molecule has 0 aliphatic carbocycles. The lowest BCUT2D eigenvalue weighted by molar-refractivity contribution is 0.216. The van der Waals surface area contributed by atoms with Crippen molar-refractivity contribution in [3.63, 3.8) is 0 Å². The minimum Gasteiger partial charge on any atom is -0.469 e. The molecule has 1 aromatic carbocycles. The van der Waals surface area contributed by atoms with E-state index in [1.807, 2.05) is 0 Å². The van der Waals surface area contributed by atoms with E-state index in [-0.39, 0.29) is 5.82 Å². The van der Waals surface area contributed by atoms with E-state index >= 15 is 0 Å². The Morgan fingerprint density at radius 3 is 2.24 bits per heavy atom. The second-order valence-corrected chi connectivity index (χ2v) is 4.29. The Kier molecular flexibility index (Phi) is 3.03. The molecule has 0 aliphatic rings. The molecule has 0 saturated carbocycles. The summed E-state index contributed by atoms with van der Waals surface area (Å²) < 4.78 is 18.4. The minimum atomic E-state index is -0.769. The Bertz CT molecular complexity index is 520. The molecule has 90 valence electrons. The number of aliphatic hydroxyl groups is 1. The fourth-order valence-corrected chi connectivity index (χ4v) is 2.19. The van der Waals surface area contributed by atoms with Crippen LogP contribution < -0.4 is 0 Å². The first kappa shape index (κ1) is 11.9. The quantitative estimate of drug-likeness (QED) is 0.863. The molecule has 2 nitrogen and oxygen atoms in total. The van der Waals surface area contributed by atoms with Crippen LogP contribution in [0.1, 0.15) is 34.1 Å². The summed E-state index contributed by atoms with van der Waals surface area (Å²) in [5.74, 6) is 0.403. The number of benzene rings is 1.